The number of hydrogen-bond acceptors (Lipinski definition) is 5. The van der Waals surface area contributed by atoms with Gasteiger partial charge in [0.1, 0.15) is 23.0 Å². The molecule has 0 bridgehead atoms. The number of furan rings is 1. The van der Waals surface area contributed by atoms with Crippen molar-refractivity contribution in [2.75, 3.05) is 26.3 Å². The molecule has 0 aliphatic carbocycles. The molecule has 1 heterocycles. The fourth-order valence-corrected chi connectivity index (χ4v) is 2.84. The quantitative estimate of drug-likeness (QED) is 0.633. The summed E-state index contributed by atoms with van der Waals surface area (Å²) in [4.78, 5) is 0.0456. The number of alkyl halides is 2. The van der Waals surface area contributed by atoms with Crippen LogP contribution in [0.3, 0.4) is 0 Å². The third-order valence-electron chi connectivity index (χ3n) is 2.54. The van der Waals surface area contributed by atoms with Crippen molar-refractivity contribution >= 4 is 10.0 Å². The molecule has 0 spiro atoms. The minimum atomic E-state index is -3.73. The highest BCUT2D eigenvalue weighted by Gasteiger charge is 2.20. The van der Waals surface area contributed by atoms with Gasteiger partial charge in [-0.05, 0) is 13.5 Å². The minimum Gasteiger partial charge on any atom is -0.464 e. The number of nitrogens with one attached hydrogen (secondary N) is 2. The zero-order chi connectivity index (χ0) is 15.9. The Hall–Kier alpha value is -1.03. The maximum atomic E-state index is 12.0. The van der Waals surface area contributed by atoms with Gasteiger partial charge in [0.2, 0.25) is 10.0 Å². The molecule has 0 aromatic carbocycles. The summed E-state index contributed by atoms with van der Waals surface area (Å²) in [6.45, 7) is 3.74. The number of ether oxygens (including phenoxy) is 1. The van der Waals surface area contributed by atoms with E-state index in [0.717, 1.165) is 6.54 Å². The van der Waals surface area contributed by atoms with Gasteiger partial charge >= 0.3 is 0 Å². The smallest absolute Gasteiger partial charge is 0.261 e. The van der Waals surface area contributed by atoms with E-state index >= 15 is 0 Å². The van der Waals surface area contributed by atoms with Gasteiger partial charge in [-0.25, -0.2) is 21.9 Å². The van der Waals surface area contributed by atoms with Crippen LogP contribution in [0.5, 0.6) is 0 Å². The summed E-state index contributed by atoms with van der Waals surface area (Å²) in [6, 6.07) is 1.44. The first-order valence-electron chi connectivity index (χ1n) is 6.52. The highest BCUT2D eigenvalue weighted by Crippen LogP contribution is 2.19. The zero-order valence-corrected chi connectivity index (χ0v) is 12.8. The first-order valence-corrected chi connectivity index (χ1v) is 8.00. The van der Waals surface area contributed by atoms with E-state index < -0.39 is 23.1 Å². The van der Waals surface area contributed by atoms with Crippen LogP contribution in [-0.4, -0.2) is 41.1 Å². The van der Waals surface area contributed by atoms with E-state index in [1.165, 1.54) is 6.07 Å². The Morgan fingerprint density at radius 1 is 1.43 bits per heavy atom. The molecule has 2 N–H and O–H groups in total. The van der Waals surface area contributed by atoms with Crippen LogP contribution in [0.15, 0.2) is 15.4 Å². The second-order valence-corrected chi connectivity index (χ2v) is 6.01. The number of aryl methyl sites for hydroxylation is 1. The van der Waals surface area contributed by atoms with Gasteiger partial charge in [0, 0.05) is 12.6 Å². The van der Waals surface area contributed by atoms with E-state index in [2.05, 4.69) is 14.8 Å². The molecule has 0 saturated heterocycles. The van der Waals surface area contributed by atoms with Crippen molar-refractivity contribution in [3.63, 3.8) is 0 Å². The lowest BCUT2D eigenvalue weighted by atomic mass is 10.4. The molecule has 0 saturated carbocycles. The molecule has 0 fully saturated rings. The molecule has 6 nitrogen and oxygen atoms in total. The van der Waals surface area contributed by atoms with Gasteiger partial charge in [-0.15, -0.1) is 0 Å². The maximum absolute atomic E-state index is 12.0. The Morgan fingerprint density at radius 2 is 2.14 bits per heavy atom. The van der Waals surface area contributed by atoms with Crippen molar-refractivity contribution in [2.24, 2.45) is 0 Å². The largest absolute Gasteiger partial charge is 0.464 e. The average Bonchev–Trinajstić information content (AvgIpc) is 2.77. The number of rotatable bonds is 10. The monoisotopic (exact) mass is 326 g/mol. The number of hydrogen-bond donors (Lipinski definition) is 2. The van der Waals surface area contributed by atoms with Crippen LogP contribution in [0.1, 0.15) is 18.4 Å². The van der Waals surface area contributed by atoms with E-state index in [1.54, 1.807) is 6.92 Å². The van der Waals surface area contributed by atoms with E-state index in [-0.39, 0.29) is 23.8 Å². The minimum absolute atomic E-state index is 0.0456. The molecule has 0 amide bonds. The molecule has 0 unspecified atom stereocenters. The van der Waals surface area contributed by atoms with Crippen LogP contribution in [0.2, 0.25) is 0 Å². The van der Waals surface area contributed by atoms with E-state index in [1.807, 2.05) is 6.92 Å². The first kappa shape index (κ1) is 18.0. The van der Waals surface area contributed by atoms with Gasteiger partial charge in [0.15, 0.2) is 0 Å². The first-order chi connectivity index (χ1) is 9.86. The van der Waals surface area contributed by atoms with Gasteiger partial charge in [-0.1, -0.05) is 6.92 Å². The zero-order valence-electron chi connectivity index (χ0n) is 12.0. The third kappa shape index (κ3) is 6.08. The Morgan fingerprint density at radius 3 is 2.76 bits per heavy atom. The van der Waals surface area contributed by atoms with Crippen molar-refractivity contribution in [1.29, 1.82) is 0 Å². The highest BCUT2D eigenvalue weighted by atomic mass is 32.2. The fraction of sp³-hybridized carbons (Fsp3) is 0.667. The average molecular weight is 326 g/mol. The van der Waals surface area contributed by atoms with Crippen LogP contribution in [0.25, 0.3) is 0 Å². The van der Waals surface area contributed by atoms with E-state index in [4.69, 9.17) is 4.42 Å². The van der Waals surface area contributed by atoms with Crippen LogP contribution in [-0.2, 0) is 21.3 Å². The number of sulfonamides is 1. The molecule has 1 aromatic heterocycles. The van der Waals surface area contributed by atoms with Gasteiger partial charge < -0.3 is 14.5 Å². The predicted octanol–water partition coefficient (Wildman–Crippen LogP) is 1.26. The Balaban J connectivity index is 2.55. The van der Waals surface area contributed by atoms with Gasteiger partial charge in [-0.3, -0.25) is 0 Å². The van der Waals surface area contributed by atoms with Crippen LogP contribution in [0.4, 0.5) is 8.78 Å². The summed E-state index contributed by atoms with van der Waals surface area (Å²) in [7, 11) is -3.73. The number of halogens is 2. The van der Waals surface area contributed by atoms with Gasteiger partial charge in [0.25, 0.3) is 6.43 Å². The lowest BCUT2D eigenvalue weighted by Gasteiger charge is -2.06. The van der Waals surface area contributed by atoms with Gasteiger partial charge in [-0.2, -0.15) is 0 Å². The van der Waals surface area contributed by atoms with Crippen molar-refractivity contribution in [1.82, 2.24) is 10.0 Å². The molecule has 0 radical (unpaired) electrons. The molecule has 0 atom stereocenters. The molecular formula is C12H20F2N2O4S. The SMILES string of the molecule is CCNCc1cc(S(=O)(=O)NCCOCC(F)F)c(C)o1. The molecule has 122 valence electrons. The standard InChI is InChI=1S/C12H20F2N2O4S/c1-3-15-7-10-6-11(9(2)20-10)21(17,18)16-4-5-19-8-12(13)14/h6,12,15-16H,3-5,7-8H2,1-2H3. The van der Waals surface area contributed by atoms with Crippen molar-refractivity contribution in [3.8, 4) is 0 Å². The summed E-state index contributed by atoms with van der Waals surface area (Å²) < 4.78 is 60.0. The lowest BCUT2D eigenvalue weighted by Crippen LogP contribution is -2.28. The molecule has 0 aliphatic rings. The van der Waals surface area contributed by atoms with Crippen molar-refractivity contribution in [3.05, 3.63) is 17.6 Å². The Labute approximate surface area is 122 Å². The molecule has 1 aromatic rings. The highest BCUT2D eigenvalue weighted by molar-refractivity contribution is 7.89. The molecule has 1 rings (SSSR count). The second-order valence-electron chi connectivity index (χ2n) is 4.28. The summed E-state index contributed by atoms with van der Waals surface area (Å²) >= 11 is 0. The maximum Gasteiger partial charge on any atom is 0.261 e. The van der Waals surface area contributed by atoms with Gasteiger partial charge in [0.05, 0.1) is 13.2 Å². The Bertz CT molecular complexity index is 531. The Kier molecular flexibility index (Phi) is 7.23. The summed E-state index contributed by atoms with van der Waals surface area (Å²) in [5, 5.41) is 3.03. The summed E-state index contributed by atoms with van der Waals surface area (Å²) in [5.41, 5.74) is 0. The predicted molar refractivity (Wildman–Crippen MR) is 72.8 cm³/mol. The second kappa shape index (κ2) is 8.42. The molecule has 9 heteroatoms. The lowest BCUT2D eigenvalue weighted by molar-refractivity contribution is 0.0199. The van der Waals surface area contributed by atoms with Crippen molar-refractivity contribution in [2.45, 2.75) is 31.7 Å². The fourth-order valence-electron chi connectivity index (χ4n) is 1.62. The molecule has 0 aliphatic heterocycles. The molecular weight excluding hydrogens is 306 g/mol. The van der Waals surface area contributed by atoms with Crippen LogP contribution < -0.4 is 10.0 Å². The van der Waals surface area contributed by atoms with E-state index in [9.17, 15) is 17.2 Å². The summed E-state index contributed by atoms with van der Waals surface area (Å²) in [5.74, 6) is 0.799. The van der Waals surface area contributed by atoms with E-state index in [0.29, 0.717) is 12.3 Å². The van der Waals surface area contributed by atoms with Crippen molar-refractivity contribution < 1.29 is 26.4 Å². The van der Waals surface area contributed by atoms with Crippen LogP contribution >= 0.6 is 0 Å². The van der Waals surface area contributed by atoms with Crippen LogP contribution in [0, 0.1) is 6.92 Å². The normalized spacial score (nSPS) is 12.2. The molecule has 21 heavy (non-hydrogen) atoms. The third-order valence-corrected chi connectivity index (χ3v) is 4.11. The topological polar surface area (TPSA) is 80.6 Å². The summed E-state index contributed by atoms with van der Waals surface area (Å²) in [6.07, 6.45) is -2.56.